The molecule has 0 bridgehead atoms. The molecular formula is C18H22N2O2. The first-order valence-corrected chi connectivity index (χ1v) is 7.23. The zero-order valence-electron chi connectivity index (χ0n) is 13.3. The van der Waals surface area contributed by atoms with E-state index in [0.717, 1.165) is 23.5 Å². The lowest BCUT2D eigenvalue weighted by atomic mass is 10.1. The predicted molar refractivity (Wildman–Crippen MR) is 89.2 cm³/mol. The Morgan fingerprint density at radius 2 is 1.82 bits per heavy atom. The molecule has 0 saturated heterocycles. The molecule has 2 aromatic carbocycles. The van der Waals surface area contributed by atoms with Crippen molar-refractivity contribution in [2.75, 3.05) is 26.5 Å². The Morgan fingerprint density at radius 3 is 2.55 bits per heavy atom. The van der Waals surface area contributed by atoms with Gasteiger partial charge < -0.3 is 15.0 Å². The number of anilines is 1. The Bertz CT molecular complexity index is 638. The smallest absolute Gasteiger partial charge is 0.228 e. The molecule has 2 rings (SSSR count). The molecule has 4 nitrogen and oxygen atoms in total. The van der Waals surface area contributed by atoms with Crippen LogP contribution in [0.3, 0.4) is 0 Å². The molecule has 0 aliphatic carbocycles. The van der Waals surface area contributed by atoms with Crippen molar-refractivity contribution in [2.45, 2.75) is 13.0 Å². The Kier molecular flexibility index (Phi) is 5.55. The van der Waals surface area contributed by atoms with Crippen molar-refractivity contribution in [2.24, 2.45) is 0 Å². The third-order valence-electron chi connectivity index (χ3n) is 3.21. The number of methoxy groups -OCH3 is 1. The van der Waals surface area contributed by atoms with Crippen molar-refractivity contribution in [3.8, 4) is 5.75 Å². The zero-order valence-corrected chi connectivity index (χ0v) is 13.3. The van der Waals surface area contributed by atoms with Gasteiger partial charge in [-0.05, 0) is 49.5 Å². The number of nitrogens with one attached hydrogen (secondary N) is 1. The van der Waals surface area contributed by atoms with Crippen molar-refractivity contribution in [3.63, 3.8) is 0 Å². The van der Waals surface area contributed by atoms with Crippen LogP contribution in [0.1, 0.15) is 11.1 Å². The zero-order chi connectivity index (χ0) is 15.9. The van der Waals surface area contributed by atoms with E-state index in [-0.39, 0.29) is 5.91 Å². The van der Waals surface area contributed by atoms with Gasteiger partial charge in [-0.1, -0.05) is 24.3 Å². The van der Waals surface area contributed by atoms with E-state index in [1.54, 1.807) is 7.11 Å². The molecule has 116 valence electrons. The third kappa shape index (κ3) is 4.90. The number of nitrogens with zero attached hydrogens (tertiary/aromatic N) is 1. The molecule has 0 spiro atoms. The van der Waals surface area contributed by atoms with E-state index in [2.05, 4.69) is 16.3 Å². The van der Waals surface area contributed by atoms with E-state index in [1.165, 1.54) is 5.56 Å². The second kappa shape index (κ2) is 7.61. The lowest BCUT2D eigenvalue weighted by molar-refractivity contribution is -0.115. The number of carbonyl (C=O) groups excluding carboxylic acids is 1. The third-order valence-corrected chi connectivity index (χ3v) is 3.21. The van der Waals surface area contributed by atoms with Crippen LogP contribution in [0.4, 0.5) is 5.69 Å². The molecule has 0 aromatic heterocycles. The first-order chi connectivity index (χ1) is 10.6. The van der Waals surface area contributed by atoms with Crippen LogP contribution in [-0.2, 0) is 17.8 Å². The normalized spacial score (nSPS) is 10.5. The molecule has 0 heterocycles. The van der Waals surface area contributed by atoms with E-state index >= 15 is 0 Å². The number of rotatable bonds is 6. The summed E-state index contributed by atoms with van der Waals surface area (Å²) in [6, 6.07) is 15.5. The van der Waals surface area contributed by atoms with Crippen LogP contribution in [0, 0.1) is 0 Å². The molecule has 0 unspecified atom stereocenters. The van der Waals surface area contributed by atoms with E-state index in [1.807, 2.05) is 56.6 Å². The van der Waals surface area contributed by atoms with Gasteiger partial charge in [0.15, 0.2) is 0 Å². The Balaban J connectivity index is 1.99. The summed E-state index contributed by atoms with van der Waals surface area (Å²) in [7, 11) is 5.66. The van der Waals surface area contributed by atoms with Crippen molar-refractivity contribution >= 4 is 11.6 Å². The van der Waals surface area contributed by atoms with Crippen molar-refractivity contribution in [3.05, 3.63) is 59.7 Å². The Labute approximate surface area is 131 Å². The van der Waals surface area contributed by atoms with Gasteiger partial charge in [0.25, 0.3) is 0 Å². The summed E-state index contributed by atoms with van der Waals surface area (Å²) < 4.78 is 5.17. The standard InChI is InChI=1S/C18H22N2O2/c1-20(2)13-15-7-4-8-16(10-15)19-18(21)12-14-6-5-9-17(11-14)22-3/h4-11H,12-13H2,1-3H3,(H,19,21). The van der Waals surface area contributed by atoms with Crippen LogP contribution in [0.2, 0.25) is 0 Å². The molecule has 0 saturated carbocycles. The predicted octanol–water partition coefficient (Wildman–Crippen LogP) is 2.94. The molecular weight excluding hydrogens is 276 g/mol. The van der Waals surface area contributed by atoms with Crippen LogP contribution in [-0.4, -0.2) is 32.0 Å². The first-order valence-electron chi connectivity index (χ1n) is 7.23. The van der Waals surface area contributed by atoms with Crippen molar-refractivity contribution < 1.29 is 9.53 Å². The van der Waals surface area contributed by atoms with E-state index in [9.17, 15) is 4.79 Å². The average molecular weight is 298 g/mol. The quantitative estimate of drug-likeness (QED) is 0.891. The minimum Gasteiger partial charge on any atom is -0.497 e. The van der Waals surface area contributed by atoms with Crippen molar-refractivity contribution in [1.82, 2.24) is 4.90 Å². The Hall–Kier alpha value is -2.33. The maximum Gasteiger partial charge on any atom is 0.228 e. The molecule has 0 aliphatic heterocycles. The van der Waals surface area contributed by atoms with Gasteiger partial charge in [-0.3, -0.25) is 4.79 Å². The number of hydrogen-bond acceptors (Lipinski definition) is 3. The maximum absolute atomic E-state index is 12.2. The maximum atomic E-state index is 12.2. The van der Waals surface area contributed by atoms with E-state index in [0.29, 0.717) is 6.42 Å². The molecule has 0 aliphatic rings. The van der Waals surface area contributed by atoms with Crippen LogP contribution in [0.25, 0.3) is 0 Å². The summed E-state index contributed by atoms with van der Waals surface area (Å²) >= 11 is 0. The van der Waals surface area contributed by atoms with Gasteiger partial charge in [0.2, 0.25) is 5.91 Å². The van der Waals surface area contributed by atoms with Crippen LogP contribution in [0.5, 0.6) is 5.75 Å². The monoisotopic (exact) mass is 298 g/mol. The summed E-state index contributed by atoms with van der Waals surface area (Å²) in [5.41, 5.74) is 2.93. The minimum absolute atomic E-state index is 0.0322. The average Bonchev–Trinajstić information content (AvgIpc) is 2.47. The highest BCUT2D eigenvalue weighted by atomic mass is 16.5. The molecule has 1 N–H and O–H groups in total. The molecule has 2 aromatic rings. The van der Waals surface area contributed by atoms with Crippen LogP contribution in [0.15, 0.2) is 48.5 Å². The highest BCUT2D eigenvalue weighted by molar-refractivity contribution is 5.92. The first kappa shape index (κ1) is 16.0. The number of hydrogen-bond donors (Lipinski definition) is 1. The van der Waals surface area contributed by atoms with Gasteiger partial charge in [-0.15, -0.1) is 0 Å². The second-order valence-electron chi connectivity index (χ2n) is 5.51. The fourth-order valence-corrected chi connectivity index (χ4v) is 2.29. The lowest BCUT2D eigenvalue weighted by Crippen LogP contribution is -2.15. The largest absolute Gasteiger partial charge is 0.497 e. The number of benzene rings is 2. The van der Waals surface area contributed by atoms with E-state index < -0.39 is 0 Å². The Morgan fingerprint density at radius 1 is 1.09 bits per heavy atom. The minimum atomic E-state index is -0.0322. The van der Waals surface area contributed by atoms with Crippen molar-refractivity contribution in [1.29, 1.82) is 0 Å². The highest BCUT2D eigenvalue weighted by Gasteiger charge is 2.06. The number of carbonyl (C=O) groups is 1. The van der Waals surface area contributed by atoms with Crippen LogP contribution >= 0.6 is 0 Å². The summed E-state index contributed by atoms with van der Waals surface area (Å²) in [4.78, 5) is 14.2. The molecule has 0 atom stereocenters. The molecule has 22 heavy (non-hydrogen) atoms. The molecule has 4 heteroatoms. The number of amides is 1. The van der Waals surface area contributed by atoms with Gasteiger partial charge in [0.1, 0.15) is 5.75 Å². The van der Waals surface area contributed by atoms with Gasteiger partial charge >= 0.3 is 0 Å². The van der Waals surface area contributed by atoms with E-state index in [4.69, 9.17) is 4.74 Å². The van der Waals surface area contributed by atoms with Gasteiger partial charge in [0, 0.05) is 12.2 Å². The summed E-state index contributed by atoms with van der Waals surface area (Å²) in [6.45, 7) is 0.847. The van der Waals surface area contributed by atoms with Gasteiger partial charge in [-0.25, -0.2) is 0 Å². The number of ether oxygens (including phenoxy) is 1. The SMILES string of the molecule is COc1cccc(CC(=O)Nc2cccc(CN(C)C)c2)c1. The highest BCUT2D eigenvalue weighted by Crippen LogP contribution is 2.15. The van der Waals surface area contributed by atoms with Gasteiger partial charge in [-0.2, -0.15) is 0 Å². The molecule has 0 radical (unpaired) electrons. The second-order valence-corrected chi connectivity index (χ2v) is 5.51. The summed E-state index contributed by atoms with van der Waals surface area (Å²) in [5.74, 6) is 0.730. The lowest BCUT2D eigenvalue weighted by Gasteiger charge is -2.11. The fourth-order valence-electron chi connectivity index (χ4n) is 2.29. The fraction of sp³-hybridized carbons (Fsp3) is 0.278. The van der Waals surface area contributed by atoms with Gasteiger partial charge in [0.05, 0.1) is 13.5 Å². The molecule has 1 amide bonds. The summed E-state index contributed by atoms with van der Waals surface area (Å²) in [5, 5.41) is 2.94. The van der Waals surface area contributed by atoms with Crippen LogP contribution < -0.4 is 10.1 Å². The topological polar surface area (TPSA) is 41.6 Å². The summed E-state index contributed by atoms with van der Waals surface area (Å²) in [6.07, 6.45) is 0.328. The molecule has 0 fully saturated rings.